The van der Waals surface area contributed by atoms with Crippen LogP contribution < -0.4 is 0 Å². The molecule has 6 nitrogen and oxygen atoms in total. The van der Waals surface area contributed by atoms with Crippen molar-refractivity contribution < 1.29 is 14.2 Å². The van der Waals surface area contributed by atoms with Crippen LogP contribution in [-0.4, -0.2) is 15.9 Å². The predicted molar refractivity (Wildman–Crippen MR) is 127 cm³/mol. The maximum atomic E-state index is 13.2. The molecule has 1 aliphatic rings. The summed E-state index contributed by atoms with van der Waals surface area (Å²) < 4.78 is 6.39. The number of aromatic nitrogens is 1. The van der Waals surface area contributed by atoms with E-state index in [0.717, 1.165) is 21.2 Å². The zero-order chi connectivity index (χ0) is 23.1. The number of fused-ring (bicyclic) bond motifs is 2. The van der Waals surface area contributed by atoms with Crippen LogP contribution in [0.3, 0.4) is 0 Å². The largest absolute Gasteiger partial charge is 0.354 e. The van der Waals surface area contributed by atoms with Crippen LogP contribution in [0.5, 0.6) is 0 Å². The molecule has 1 unspecified atom stereocenters. The Kier molecular flexibility index (Phi) is 5.42. The summed E-state index contributed by atoms with van der Waals surface area (Å²) in [6.07, 6.45) is 0.264. The molecule has 0 N–H and O–H groups in total. The molecule has 1 aromatic heterocycles. The Morgan fingerprint density at radius 1 is 1.00 bits per heavy atom. The third-order valence-corrected chi connectivity index (χ3v) is 6.80. The van der Waals surface area contributed by atoms with Gasteiger partial charge in [-0.2, -0.15) is 0 Å². The zero-order valence-corrected chi connectivity index (χ0v) is 19.3. The van der Waals surface area contributed by atoms with Gasteiger partial charge in [-0.15, -0.1) is 0 Å². The maximum Gasteiger partial charge on any atom is 0.334 e. The van der Waals surface area contributed by atoms with E-state index in [0.29, 0.717) is 11.1 Å². The fourth-order valence-electron chi connectivity index (χ4n) is 4.81. The molecular weight excluding hydrogens is 484 g/mol. The molecule has 0 fully saturated rings. The normalized spacial score (nSPS) is 13.9. The standard InChI is InChI=1S/C26H19BrN2O4/c1-15-25(29(31)32)23(33-28-15)14-22(16-10-12-17(27)13-11-16)24-18-6-2-4-8-20(18)26(30)21-9-5-3-7-19(21)24/h2-13,22,24H,14H2,1H3. The van der Waals surface area contributed by atoms with E-state index in [1.807, 2.05) is 72.8 Å². The first-order valence-electron chi connectivity index (χ1n) is 10.5. The quantitative estimate of drug-likeness (QED) is 0.234. The van der Waals surface area contributed by atoms with Crippen molar-refractivity contribution in [3.05, 3.63) is 127 Å². The zero-order valence-electron chi connectivity index (χ0n) is 17.7. The molecule has 1 atom stereocenters. The molecule has 7 heteroatoms. The lowest BCUT2D eigenvalue weighted by atomic mass is 9.68. The summed E-state index contributed by atoms with van der Waals surface area (Å²) in [5.41, 5.74) is 4.29. The molecule has 4 aromatic rings. The number of ketones is 1. The van der Waals surface area contributed by atoms with Crippen molar-refractivity contribution in [2.75, 3.05) is 0 Å². The lowest BCUT2D eigenvalue weighted by Gasteiger charge is -2.33. The van der Waals surface area contributed by atoms with Gasteiger partial charge in [0, 0.05) is 33.9 Å². The number of nitro groups is 1. The SMILES string of the molecule is Cc1noc(CC(c2ccc(Br)cc2)C2c3ccccc3C(=O)c3ccccc32)c1[N+](=O)[O-]. The highest BCUT2D eigenvalue weighted by Gasteiger charge is 2.38. The number of carbonyl (C=O) groups excluding carboxylic acids is 1. The summed E-state index contributed by atoms with van der Waals surface area (Å²) in [5, 5.41) is 15.6. The molecule has 0 spiro atoms. The number of aryl methyl sites for hydroxylation is 1. The minimum Gasteiger partial charge on any atom is -0.354 e. The van der Waals surface area contributed by atoms with E-state index in [1.165, 1.54) is 0 Å². The van der Waals surface area contributed by atoms with Gasteiger partial charge in [0.2, 0.25) is 5.76 Å². The smallest absolute Gasteiger partial charge is 0.334 e. The van der Waals surface area contributed by atoms with E-state index < -0.39 is 4.92 Å². The topological polar surface area (TPSA) is 86.2 Å². The highest BCUT2D eigenvalue weighted by molar-refractivity contribution is 9.10. The van der Waals surface area contributed by atoms with E-state index in [-0.39, 0.29) is 41.2 Å². The number of benzene rings is 3. The molecule has 1 aliphatic carbocycles. The average molecular weight is 503 g/mol. The molecule has 0 saturated heterocycles. The van der Waals surface area contributed by atoms with Crippen LogP contribution in [0.2, 0.25) is 0 Å². The maximum absolute atomic E-state index is 13.2. The van der Waals surface area contributed by atoms with Crippen molar-refractivity contribution in [1.82, 2.24) is 5.16 Å². The Morgan fingerprint density at radius 2 is 1.58 bits per heavy atom. The molecule has 0 saturated carbocycles. The van der Waals surface area contributed by atoms with Crippen LogP contribution in [-0.2, 0) is 6.42 Å². The molecule has 0 bridgehead atoms. The number of rotatable bonds is 5. The van der Waals surface area contributed by atoms with Crippen LogP contribution in [0.25, 0.3) is 0 Å². The summed E-state index contributed by atoms with van der Waals surface area (Å²) in [6.45, 7) is 1.57. The van der Waals surface area contributed by atoms with Crippen molar-refractivity contribution in [3.8, 4) is 0 Å². The van der Waals surface area contributed by atoms with E-state index in [2.05, 4.69) is 21.1 Å². The van der Waals surface area contributed by atoms with Crippen LogP contribution >= 0.6 is 15.9 Å². The van der Waals surface area contributed by atoms with Crippen molar-refractivity contribution in [3.63, 3.8) is 0 Å². The lowest BCUT2D eigenvalue weighted by Crippen LogP contribution is -2.25. The van der Waals surface area contributed by atoms with Crippen LogP contribution in [0.1, 0.15) is 55.9 Å². The summed E-state index contributed by atoms with van der Waals surface area (Å²) in [5.74, 6) is -0.188. The number of nitrogens with zero attached hydrogens (tertiary/aromatic N) is 2. The molecule has 1 heterocycles. The molecule has 33 heavy (non-hydrogen) atoms. The van der Waals surface area contributed by atoms with Crippen molar-refractivity contribution in [2.45, 2.75) is 25.2 Å². The van der Waals surface area contributed by atoms with Crippen molar-refractivity contribution in [2.24, 2.45) is 0 Å². The van der Waals surface area contributed by atoms with Gasteiger partial charge in [-0.05, 0) is 35.7 Å². The predicted octanol–water partition coefficient (Wildman–Crippen LogP) is 6.36. The van der Waals surface area contributed by atoms with Gasteiger partial charge >= 0.3 is 5.69 Å². The summed E-state index contributed by atoms with van der Waals surface area (Å²) in [6, 6.07) is 23.1. The Hall–Kier alpha value is -3.58. The van der Waals surface area contributed by atoms with Gasteiger partial charge in [-0.3, -0.25) is 14.9 Å². The van der Waals surface area contributed by atoms with E-state index in [9.17, 15) is 14.9 Å². The first-order chi connectivity index (χ1) is 16.0. The second kappa shape index (κ2) is 8.41. The fraction of sp³-hybridized carbons (Fsp3) is 0.154. The Bertz CT molecular complexity index is 1330. The van der Waals surface area contributed by atoms with E-state index >= 15 is 0 Å². The summed E-state index contributed by atoms with van der Waals surface area (Å²) >= 11 is 3.49. The fourth-order valence-corrected chi connectivity index (χ4v) is 5.08. The summed E-state index contributed by atoms with van der Waals surface area (Å²) in [7, 11) is 0. The molecule has 0 amide bonds. The van der Waals surface area contributed by atoms with Gasteiger partial charge in [0.15, 0.2) is 11.5 Å². The van der Waals surface area contributed by atoms with Crippen molar-refractivity contribution >= 4 is 27.4 Å². The second-order valence-corrected chi connectivity index (χ2v) is 9.06. The number of halogens is 1. The van der Waals surface area contributed by atoms with Gasteiger partial charge in [-0.25, -0.2) is 0 Å². The minimum atomic E-state index is -0.438. The molecule has 5 rings (SSSR count). The molecule has 0 aliphatic heterocycles. The van der Waals surface area contributed by atoms with E-state index in [4.69, 9.17) is 4.52 Å². The number of carbonyl (C=O) groups is 1. The van der Waals surface area contributed by atoms with Crippen LogP contribution in [0.4, 0.5) is 5.69 Å². The van der Waals surface area contributed by atoms with Gasteiger partial charge in [0.05, 0.1) is 4.92 Å². The molecular formula is C26H19BrN2O4. The second-order valence-electron chi connectivity index (χ2n) is 8.14. The number of hydrogen-bond donors (Lipinski definition) is 0. The average Bonchev–Trinajstić information content (AvgIpc) is 3.19. The van der Waals surface area contributed by atoms with Gasteiger partial charge in [-0.1, -0.05) is 81.8 Å². The van der Waals surface area contributed by atoms with Gasteiger partial charge in [0.25, 0.3) is 0 Å². The molecule has 0 radical (unpaired) electrons. The van der Waals surface area contributed by atoms with Crippen LogP contribution in [0, 0.1) is 17.0 Å². The van der Waals surface area contributed by atoms with Crippen LogP contribution in [0.15, 0.2) is 81.8 Å². The van der Waals surface area contributed by atoms with E-state index in [1.54, 1.807) is 6.92 Å². The van der Waals surface area contributed by atoms with Gasteiger partial charge < -0.3 is 4.52 Å². The Morgan fingerprint density at radius 3 is 2.15 bits per heavy atom. The first-order valence-corrected chi connectivity index (χ1v) is 11.3. The Labute approximate surface area is 198 Å². The summed E-state index contributed by atoms with van der Waals surface area (Å²) in [4.78, 5) is 24.5. The highest BCUT2D eigenvalue weighted by atomic mass is 79.9. The third-order valence-electron chi connectivity index (χ3n) is 6.27. The molecule has 164 valence electrons. The number of hydrogen-bond acceptors (Lipinski definition) is 5. The highest BCUT2D eigenvalue weighted by Crippen LogP contribution is 2.47. The van der Waals surface area contributed by atoms with Gasteiger partial charge in [0.1, 0.15) is 0 Å². The lowest BCUT2D eigenvalue weighted by molar-refractivity contribution is -0.386. The monoisotopic (exact) mass is 502 g/mol. The van der Waals surface area contributed by atoms with Crippen molar-refractivity contribution in [1.29, 1.82) is 0 Å². The third kappa shape index (κ3) is 3.68. The first kappa shape index (κ1) is 21.3. The molecule has 3 aromatic carbocycles. The minimum absolute atomic E-state index is 0.00602. The Balaban J connectivity index is 1.73.